The minimum Gasteiger partial charge on any atom is -0.369 e. The van der Waals surface area contributed by atoms with Crippen LogP contribution < -0.4 is 5.32 Å². The molecule has 18 heavy (non-hydrogen) atoms. The van der Waals surface area contributed by atoms with Gasteiger partial charge in [0.2, 0.25) is 0 Å². The molecule has 0 amide bonds. The van der Waals surface area contributed by atoms with Gasteiger partial charge in [0.25, 0.3) is 0 Å². The van der Waals surface area contributed by atoms with Crippen molar-refractivity contribution in [2.75, 3.05) is 25.5 Å². The average Bonchev–Trinajstić information content (AvgIpc) is 2.36. The predicted molar refractivity (Wildman–Crippen MR) is 80.0 cm³/mol. The first-order chi connectivity index (χ1) is 8.56. The smallest absolute Gasteiger partial charge is 0.131 e. The number of aryl methyl sites for hydroxylation is 1. The minimum absolute atomic E-state index is 0.620. The third-order valence-corrected chi connectivity index (χ3v) is 3.58. The molecule has 0 saturated carbocycles. The maximum Gasteiger partial charge on any atom is 0.131 e. The molecule has 0 radical (unpaired) electrons. The van der Waals surface area contributed by atoms with Crippen LogP contribution in [0, 0.1) is 0 Å². The Morgan fingerprint density at radius 1 is 1.39 bits per heavy atom. The Labute approximate surface area is 118 Å². The number of aromatic nitrogens is 2. The molecule has 0 saturated heterocycles. The molecule has 0 aliphatic rings. The van der Waals surface area contributed by atoms with Crippen molar-refractivity contribution in [3.63, 3.8) is 0 Å². The van der Waals surface area contributed by atoms with Gasteiger partial charge in [0.1, 0.15) is 16.2 Å². The van der Waals surface area contributed by atoms with E-state index in [1.54, 1.807) is 0 Å². The molecular formula is C13H23BrN4. The fourth-order valence-electron chi connectivity index (χ4n) is 1.61. The van der Waals surface area contributed by atoms with Gasteiger partial charge in [0.15, 0.2) is 0 Å². The van der Waals surface area contributed by atoms with Gasteiger partial charge in [-0.3, -0.25) is 0 Å². The molecule has 0 aliphatic heterocycles. The lowest BCUT2D eigenvalue weighted by atomic mass is 10.2. The Kier molecular flexibility index (Phi) is 6.57. The lowest BCUT2D eigenvalue weighted by molar-refractivity contribution is 0.261. The second-order valence-corrected chi connectivity index (χ2v) is 5.32. The Balaban J connectivity index is 2.46. The van der Waals surface area contributed by atoms with E-state index in [1.165, 1.54) is 6.42 Å². The number of nitrogens with one attached hydrogen (secondary N) is 1. The molecule has 0 aliphatic carbocycles. The van der Waals surface area contributed by atoms with Gasteiger partial charge in [0, 0.05) is 31.6 Å². The Hall–Kier alpha value is -0.680. The molecule has 0 aromatic carbocycles. The van der Waals surface area contributed by atoms with Crippen molar-refractivity contribution in [3.05, 3.63) is 16.5 Å². The maximum atomic E-state index is 4.44. The highest BCUT2D eigenvalue weighted by atomic mass is 79.9. The molecule has 1 rings (SSSR count). The van der Waals surface area contributed by atoms with Gasteiger partial charge >= 0.3 is 0 Å². The normalized spacial score (nSPS) is 12.8. The topological polar surface area (TPSA) is 41.1 Å². The molecule has 0 fully saturated rings. The second kappa shape index (κ2) is 7.69. The van der Waals surface area contributed by atoms with E-state index in [2.05, 4.69) is 63.9 Å². The monoisotopic (exact) mass is 314 g/mol. The zero-order chi connectivity index (χ0) is 13.5. The van der Waals surface area contributed by atoms with Gasteiger partial charge in [-0.1, -0.05) is 13.8 Å². The van der Waals surface area contributed by atoms with Crippen LogP contribution in [-0.2, 0) is 6.42 Å². The van der Waals surface area contributed by atoms with Crippen LogP contribution in [0.1, 0.15) is 33.0 Å². The van der Waals surface area contributed by atoms with E-state index in [0.717, 1.165) is 35.8 Å². The van der Waals surface area contributed by atoms with Gasteiger partial charge in [-0.05, 0) is 36.3 Å². The molecular weight excluding hydrogens is 292 g/mol. The van der Waals surface area contributed by atoms with Crippen molar-refractivity contribution in [2.45, 2.75) is 39.7 Å². The molecule has 1 atom stereocenters. The van der Waals surface area contributed by atoms with E-state index in [4.69, 9.17) is 0 Å². The molecule has 4 nitrogen and oxygen atoms in total. The Bertz CT molecular complexity index is 370. The molecule has 0 spiro atoms. The maximum absolute atomic E-state index is 4.44. The molecule has 1 unspecified atom stereocenters. The van der Waals surface area contributed by atoms with Crippen LogP contribution in [0.15, 0.2) is 10.7 Å². The van der Waals surface area contributed by atoms with Crippen molar-refractivity contribution >= 4 is 21.7 Å². The summed E-state index contributed by atoms with van der Waals surface area (Å²) in [4.78, 5) is 11.1. The number of halogens is 1. The van der Waals surface area contributed by atoms with Crippen LogP contribution >= 0.6 is 15.9 Å². The first-order valence-corrected chi connectivity index (χ1v) is 7.33. The van der Waals surface area contributed by atoms with E-state index in [-0.39, 0.29) is 0 Å². The SMILES string of the molecule is CCc1nc(Br)cc(NCCN(C)C(C)CC)n1. The number of hydrogen-bond acceptors (Lipinski definition) is 4. The third kappa shape index (κ3) is 4.90. The Morgan fingerprint density at radius 2 is 2.11 bits per heavy atom. The minimum atomic E-state index is 0.620. The summed E-state index contributed by atoms with van der Waals surface area (Å²) < 4.78 is 0.840. The van der Waals surface area contributed by atoms with Gasteiger partial charge in [-0.2, -0.15) is 0 Å². The van der Waals surface area contributed by atoms with Crippen molar-refractivity contribution in [2.24, 2.45) is 0 Å². The van der Waals surface area contributed by atoms with E-state index >= 15 is 0 Å². The number of anilines is 1. The molecule has 1 aromatic heterocycles. The number of likely N-dealkylation sites (N-methyl/N-ethyl adjacent to an activating group) is 1. The third-order valence-electron chi connectivity index (χ3n) is 3.17. The summed E-state index contributed by atoms with van der Waals surface area (Å²) in [5.41, 5.74) is 0. The second-order valence-electron chi connectivity index (χ2n) is 4.51. The van der Waals surface area contributed by atoms with Gasteiger partial charge in [-0.15, -0.1) is 0 Å². The van der Waals surface area contributed by atoms with E-state index in [0.29, 0.717) is 6.04 Å². The van der Waals surface area contributed by atoms with Gasteiger partial charge in [0.05, 0.1) is 0 Å². The summed E-state index contributed by atoms with van der Waals surface area (Å²) in [5.74, 6) is 1.76. The first kappa shape index (κ1) is 15.4. The number of hydrogen-bond donors (Lipinski definition) is 1. The standard InChI is InChI=1S/C13H23BrN4/c1-5-10(3)18(4)8-7-15-13-9-11(14)16-12(6-2)17-13/h9-10H,5-8H2,1-4H3,(H,15,16,17). The van der Waals surface area contributed by atoms with Gasteiger partial charge < -0.3 is 10.2 Å². The summed E-state index contributed by atoms with van der Waals surface area (Å²) in [6, 6.07) is 2.54. The van der Waals surface area contributed by atoms with E-state index < -0.39 is 0 Å². The van der Waals surface area contributed by atoms with E-state index in [1.807, 2.05) is 6.07 Å². The van der Waals surface area contributed by atoms with Crippen LogP contribution in [0.2, 0.25) is 0 Å². The molecule has 0 bridgehead atoms. The lowest BCUT2D eigenvalue weighted by Gasteiger charge is -2.23. The van der Waals surface area contributed by atoms with Crippen LogP contribution in [0.4, 0.5) is 5.82 Å². The lowest BCUT2D eigenvalue weighted by Crippen LogP contribution is -2.32. The first-order valence-electron chi connectivity index (χ1n) is 6.54. The van der Waals surface area contributed by atoms with Crippen molar-refractivity contribution in [1.29, 1.82) is 0 Å². The summed E-state index contributed by atoms with van der Waals surface area (Å²) in [6.07, 6.45) is 2.02. The molecule has 1 aromatic rings. The van der Waals surface area contributed by atoms with E-state index in [9.17, 15) is 0 Å². The highest BCUT2D eigenvalue weighted by Crippen LogP contribution is 2.12. The molecule has 102 valence electrons. The van der Waals surface area contributed by atoms with Gasteiger partial charge in [-0.25, -0.2) is 9.97 Å². The van der Waals surface area contributed by atoms with Crippen molar-refractivity contribution in [1.82, 2.24) is 14.9 Å². The quantitative estimate of drug-likeness (QED) is 0.786. The molecule has 1 N–H and O–H groups in total. The van der Waals surface area contributed by atoms with Crippen molar-refractivity contribution < 1.29 is 0 Å². The molecule has 5 heteroatoms. The predicted octanol–water partition coefficient (Wildman–Crippen LogP) is 2.94. The average molecular weight is 315 g/mol. The fourth-order valence-corrected chi connectivity index (χ4v) is 2.03. The number of rotatable bonds is 7. The van der Waals surface area contributed by atoms with Crippen LogP contribution in [0.3, 0.4) is 0 Å². The van der Waals surface area contributed by atoms with Crippen LogP contribution in [0.25, 0.3) is 0 Å². The highest BCUT2D eigenvalue weighted by Gasteiger charge is 2.06. The zero-order valence-corrected chi connectivity index (χ0v) is 13.3. The zero-order valence-electron chi connectivity index (χ0n) is 11.7. The van der Waals surface area contributed by atoms with Crippen LogP contribution in [-0.4, -0.2) is 41.0 Å². The summed E-state index contributed by atoms with van der Waals surface area (Å²) in [7, 11) is 2.16. The summed E-state index contributed by atoms with van der Waals surface area (Å²) in [5, 5.41) is 3.35. The fraction of sp³-hybridized carbons (Fsp3) is 0.692. The summed E-state index contributed by atoms with van der Waals surface area (Å²) in [6.45, 7) is 8.42. The molecule has 1 heterocycles. The van der Waals surface area contributed by atoms with Crippen LogP contribution in [0.5, 0.6) is 0 Å². The largest absolute Gasteiger partial charge is 0.369 e. The number of nitrogens with zero attached hydrogens (tertiary/aromatic N) is 3. The van der Waals surface area contributed by atoms with Crippen molar-refractivity contribution in [3.8, 4) is 0 Å². The highest BCUT2D eigenvalue weighted by molar-refractivity contribution is 9.10. The summed E-state index contributed by atoms with van der Waals surface area (Å²) >= 11 is 3.41. The Morgan fingerprint density at radius 3 is 2.72 bits per heavy atom.